The third kappa shape index (κ3) is 3.42. The van der Waals surface area contributed by atoms with E-state index >= 15 is 0 Å². The molecule has 0 heterocycles. The Balaban J connectivity index is 2.25. The summed E-state index contributed by atoms with van der Waals surface area (Å²) >= 11 is 5.77. The zero-order valence-corrected chi connectivity index (χ0v) is 12.2. The lowest BCUT2D eigenvalue weighted by Crippen LogP contribution is -2.33. The summed E-state index contributed by atoms with van der Waals surface area (Å²) in [6.45, 7) is 0. The molecule has 0 aromatic heterocycles. The molecule has 1 aromatic rings. The molecule has 0 radical (unpaired) electrons. The molecule has 0 bridgehead atoms. The van der Waals surface area contributed by atoms with Gasteiger partial charge in [-0.25, -0.2) is 13.1 Å². The average Bonchev–Trinajstić information content (AvgIpc) is 2.86. The lowest BCUT2D eigenvalue weighted by molar-refractivity contribution is -0.140. The second-order valence-electron chi connectivity index (χ2n) is 4.55. The molecular weight excluding hydrogens is 316 g/mol. The molecule has 1 aliphatic rings. The molecular formula is C13H11ClN2O4S. The van der Waals surface area contributed by atoms with Crippen molar-refractivity contribution in [3.63, 3.8) is 0 Å². The molecule has 0 amide bonds. The van der Waals surface area contributed by atoms with Crippen molar-refractivity contribution in [3.8, 4) is 6.07 Å². The zero-order chi connectivity index (χ0) is 15.6. The van der Waals surface area contributed by atoms with Crippen molar-refractivity contribution in [2.45, 2.75) is 17.4 Å². The molecule has 2 atom stereocenters. The number of nitrogens with zero attached hydrogens (tertiary/aromatic N) is 1. The van der Waals surface area contributed by atoms with E-state index in [2.05, 4.69) is 4.72 Å². The minimum atomic E-state index is -3.96. The SMILES string of the molecule is N#Cc1ccc(Cl)cc1S(=O)(=O)NC1C=CC(C(=O)O)C1. The van der Waals surface area contributed by atoms with E-state index in [0.717, 1.165) is 0 Å². The van der Waals surface area contributed by atoms with Crippen molar-refractivity contribution >= 4 is 27.6 Å². The average molecular weight is 327 g/mol. The van der Waals surface area contributed by atoms with Crippen molar-refractivity contribution in [2.24, 2.45) is 5.92 Å². The number of sulfonamides is 1. The maximum atomic E-state index is 12.3. The molecule has 0 saturated carbocycles. The van der Waals surface area contributed by atoms with Crippen molar-refractivity contribution in [1.29, 1.82) is 5.26 Å². The molecule has 1 aromatic carbocycles. The Labute approximate surface area is 126 Å². The first-order valence-corrected chi connectivity index (χ1v) is 7.82. The van der Waals surface area contributed by atoms with Crippen molar-refractivity contribution in [1.82, 2.24) is 4.72 Å². The number of carboxylic acids is 1. The molecule has 0 fully saturated rings. The van der Waals surface area contributed by atoms with Crippen molar-refractivity contribution < 1.29 is 18.3 Å². The van der Waals surface area contributed by atoms with E-state index in [1.165, 1.54) is 30.4 Å². The van der Waals surface area contributed by atoms with Crippen molar-refractivity contribution in [3.05, 3.63) is 40.9 Å². The Kier molecular flexibility index (Phi) is 4.32. The number of carbonyl (C=O) groups is 1. The van der Waals surface area contributed by atoms with Gasteiger partial charge in [-0.2, -0.15) is 5.26 Å². The van der Waals surface area contributed by atoms with Gasteiger partial charge in [0.25, 0.3) is 0 Å². The van der Waals surface area contributed by atoms with Crippen LogP contribution in [0.15, 0.2) is 35.2 Å². The van der Waals surface area contributed by atoms with E-state index in [0.29, 0.717) is 0 Å². The van der Waals surface area contributed by atoms with Crippen LogP contribution in [-0.2, 0) is 14.8 Å². The van der Waals surface area contributed by atoms with E-state index in [-0.39, 0.29) is 21.9 Å². The van der Waals surface area contributed by atoms with Gasteiger partial charge in [-0.05, 0) is 24.6 Å². The van der Waals surface area contributed by atoms with Crippen LogP contribution in [0.3, 0.4) is 0 Å². The summed E-state index contributed by atoms with van der Waals surface area (Å²) in [7, 11) is -3.96. The largest absolute Gasteiger partial charge is 0.481 e. The van der Waals surface area contributed by atoms with Gasteiger partial charge in [-0.15, -0.1) is 0 Å². The van der Waals surface area contributed by atoms with Crippen molar-refractivity contribution in [2.75, 3.05) is 0 Å². The van der Waals surface area contributed by atoms with Gasteiger partial charge < -0.3 is 5.11 Å². The Morgan fingerprint density at radius 3 is 2.71 bits per heavy atom. The summed E-state index contributed by atoms with van der Waals surface area (Å²) in [6, 6.07) is 5.10. The summed E-state index contributed by atoms with van der Waals surface area (Å²) in [5, 5.41) is 18.0. The third-order valence-electron chi connectivity index (χ3n) is 3.06. The number of nitriles is 1. The monoisotopic (exact) mass is 326 g/mol. The molecule has 21 heavy (non-hydrogen) atoms. The number of aliphatic carboxylic acids is 1. The van der Waals surface area contributed by atoms with Gasteiger partial charge in [-0.3, -0.25) is 4.79 Å². The van der Waals surface area contributed by atoms with E-state index in [1.54, 1.807) is 6.07 Å². The van der Waals surface area contributed by atoms with Crippen LogP contribution >= 0.6 is 11.6 Å². The molecule has 2 N–H and O–H groups in total. The number of benzene rings is 1. The maximum Gasteiger partial charge on any atom is 0.310 e. The number of halogens is 1. The normalized spacial score (nSPS) is 21.1. The quantitative estimate of drug-likeness (QED) is 0.816. The zero-order valence-electron chi connectivity index (χ0n) is 10.7. The van der Waals surface area contributed by atoms with Crippen LogP contribution in [0.4, 0.5) is 0 Å². The molecule has 0 spiro atoms. The summed E-state index contributed by atoms with van der Waals surface area (Å²) in [6.07, 6.45) is 3.07. The van der Waals surface area contributed by atoms with Gasteiger partial charge in [0.2, 0.25) is 10.0 Å². The first-order chi connectivity index (χ1) is 9.83. The van der Waals surface area contributed by atoms with Gasteiger partial charge in [-0.1, -0.05) is 23.8 Å². The third-order valence-corrected chi connectivity index (χ3v) is 4.83. The number of nitrogens with one attached hydrogen (secondary N) is 1. The predicted octanol–water partition coefficient (Wildman–Crippen LogP) is 1.52. The Morgan fingerprint density at radius 2 is 2.14 bits per heavy atom. The molecule has 2 unspecified atom stereocenters. The highest BCUT2D eigenvalue weighted by atomic mass is 35.5. The van der Waals surface area contributed by atoms with Crippen LogP contribution < -0.4 is 4.72 Å². The standard InChI is InChI=1S/C13H11ClN2O4S/c14-10-3-1-9(7-15)12(6-10)21(19,20)16-11-4-2-8(5-11)13(17)18/h1-4,6,8,11,16H,5H2,(H,17,18). The van der Waals surface area contributed by atoms with Gasteiger partial charge in [0, 0.05) is 11.1 Å². The van der Waals surface area contributed by atoms with E-state index < -0.39 is 28.0 Å². The van der Waals surface area contributed by atoms with E-state index in [9.17, 15) is 13.2 Å². The first kappa shape index (κ1) is 15.5. The smallest absolute Gasteiger partial charge is 0.310 e. The van der Waals surface area contributed by atoms with Crippen LogP contribution in [0.1, 0.15) is 12.0 Å². The van der Waals surface area contributed by atoms with E-state index in [1.807, 2.05) is 0 Å². The lowest BCUT2D eigenvalue weighted by Gasteiger charge is -2.13. The first-order valence-electron chi connectivity index (χ1n) is 5.96. The highest BCUT2D eigenvalue weighted by Gasteiger charge is 2.29. The molecule has 110 valence electrons. The number of rotatable bonds is 4. The molecule has 8 heteroatoms. The van der Waals surface area contributed by atoms with Gasteiger partial charge in [0.1, 0.15) is 11.0 Å². The van der Waals surface area contributed by atoms with Crippen LogP contribution in [0.25, 0.3) is 0 Å². The molecule has 6 nitrogen and oxygen atoms in total. The van der Waals surface area contributed by atoms with E-state index in [4.69, 9.17) is 22.0 Å². The fraction of sp³-hybridized carbons (Fsp3) is 0.231. The Hall–Kier alpha value is -1.88. The summed E-state index contributed by atoms with van der Waals surface area (Å²) in [5.41, 5.74) is -0.0244. The van der Waals surface area contributed by atoms with Crippen LogP contribution in [-0.4, -0.2) is 25.5 Å². The van der Waals surface area contributed by atoms with Crippen LogP contribution in [0, 0.1) is 17.2 Å². The second kappa shape index (κ2) is 5.85. The summed E-state index contributed by atoms with van der Waals surface area (Å²) in [5.74, 6) is -1.72. The maximum absolute atomic E-state index is 12.3. The Morgan fingerprint density at radius 1 is 1.43 bits per heavy atom. The van der Waals surface area contributed by atoms with Gasteiger partial charge >= 0.3 is 5.97 Å². The number of carboxylic acid groups (broad SMARTS) is 1. The predicted molar refractivity (Wildman–Crippen MR) is 75.2 cm³/mol. The second-order valence-corrected chi connectivity index (χ2v) is 6.66. The number of hydrogen-bond acceptors (Lipinski definition) is 4. The Bertz CT molecular complexity index is 752. The number of hydrogen-bond donors (Lipinski definition) is 2. The molecule has 2 rings (SSSR count). The van der Waals surface area contributed by atoms with Crippen LogP contribution in [0.5, 0.6) is 0 Å². The minimum Gasteiger partial charge on any atom is -0.481 e. The molecule has 1 aliphatic carbocycles. The lowest BCUT2D eigenvalue weighted by atomic mass is 10.1. The fourth-order valence-electron chi connectivity index (χ4n) is 2.04. The summed E-state index contributed by atoms with van der Waals surface area (Å²) in [4.78, 5) is 10.6. The van der Waals surface area contributed by atoms with Gasteiger partial charge in [0.05, 0.1) is 11.5 Å². The molecule has 0 aliphatic heterocycles. The van der Waals surface area contributed by atoms with Gasteiger partial charge in [0.15, 0.2) is 0 Å². The highest BCUT2D eigenvalue weighted by molar-refractivity contribution is 7.89. The topological polar surface area (TPSA) is 107 Å². The highest BCUT2D eigenvalue weighted by Crippen LogP contribution is 2.23. The van der Waals surface area contributed by atoms with Crippen LogP contribution in [0.2, 0.25) is 5.02 Å². The minimum absolute atomic E-state index is 0.0244. The summed E-state index contributed by atoms with van der Waals surface area (Å²) < 4.78 is 27.0. The molecule has 0 saturated heterocycles. The fourth-order valence-corrected chi connectivity index (χ4v) is 3.67.